The SMILES string of the molecule is CCOc1cn(-c2ccccc2)nc1C(=O)N(C)C1CC2CCC(C1)N2.Cl. The Balaban J connectivity index is 0.00000210. The van der Waals surface area contributed by atoms with Gasteiger partial charge in [-0.05, 0) is 44.7 Å². The predicted octanol–water partition coefficient (Wildman–Crippen LogP) is 3.05. The van der Waals surface area contributed by atoms with Gasteiger partial charge in [-0.25, -0.2) is 4.68 Å². The number of nitrogens with one attached hydrogen (secondary N) is 1. The summed E-state index contributed by atoms with van der Waals surface area (Å²) >= 11 is 0. The molecule has 0 spiro atoms. The van der Waals surface area contributed by atoms with Crippen LogP contribution in [0.4, 0.5) is 0 Å². The van der Waals surface area contributed by atoms with Gasteiger partial charge in [0, 0.05) is 25.2 Å². The van der Waals surface area contributed by atoms with Crippen LogP contribution in [0.25, 0.3) is 5.69 Å². The Bertz CT molecular complexity index is 768. The number of fused-ring (bicyclic) bond motifs is 2. The first-order valence-electron chi connectivity index (χ1n) is 9.46. The summed E-state index contributed by atoms with van der Waals surface area (Å²) in [6, 6.07) is 11.1. The fourth-order valence-corrected chi connectivity index (χ4v) is 4.16. The van der Waals surface area contributed by atoms with Gasteiger partial charge in [0.1, 0.15) is 0 Å². The van der Waals surface area contributed by atoms with Crippen LogP contribution < -0.4 is 10.1 Å². The number of rotatable bonds is 5. The van der Waals surface area contributed by atoms with Crippen molar-refractivity contribution in [3.63, 3.8) is 0 Å². The summed E-state index contributed by atoms with van der Waals surface area (Å²) in [5.74, 6) is 0.486. The molecule has 4 rings (SSSR count). The number of halogens is 1. The summed E-state index contributed by atoms with van der Waals surface area (Å²) < 4.78 is 7.43. The third kappa shape index (κ3) is 3.96. The van der Waals surface area contributed by atoms with Crippen LogP contribution >= 0.6 is 12.4 Å². The van der Waals surface area contributed by atoms with Crippen LogP contribution in [0, 0.1) is 0 Å². The summed E-state index contributed by atoms with van der Waals surface area (Å²) in [5, 5.41) is 8.18. The number of benzene rings is 1. The second-order valence-corrected chi connectivity index (χ2v) is 7.23. The molecule has 2 aliphatic rings. The van der Waals surface area contributed by atoms with E-state index in [4.69, 9.17) is 4.74 Å². The number of carbonyl (C=O) groups excluding carboxylic acids is 1. The van der Waals surface area contributed by atoms with Gasteiger partial charge in [0.15, 0.2) is 11.4 Å². The second kappa shape index (κ2) is 8.31. The molecule has 2 aliphatic heterocycles. The standard InChI is InChI=1S/C20H26N4O2.ClH/c1-3-26-18-13-24(16-7-5-4-6-8-16)22-19(18)20(25)23(2)17-11-14-9-10-15(12-17)21-14;/h4-8,13-15,17,21H,3,9-12H2,1-2H3;1H. The second-order valence-electron chi connectivity index (χ2n) is 7.23. The van der Waals surface area contributed by atoms with Gasteiger partial charge in [0.25, 0.3) is 5.91 Å². The molecule has 2 saturated heterocycles. The zero-order valence-corrected chi connectivity index (χ0v) is 16.6. The van der Waals surface area contributed by atoms with E-state index in [9.17, 15) is 4.79 Å². The number of aromatic nitrogens is 2. The Morgan fingerprint density at radius 2 is 1.93 bits per heavy atom. The molecular weight excluding hydrogens is 364 g/mol. The molecule has 1 aromatic carbocycles. The van der Waals surface area contributed by atoms with Crippen molar-refractivity contribution in [2.45, 2.75) is 50.7 Å². The number of para-hydroxylation sites is 1. The van der Waals surface area contributed by atoms with Gasteiger partial charge in [-0.15, -0.1) is 12.4 Å². The van der Waals surface area contributed by atoms with Crippen LogP contribution in [-0.4, -0.2) is 52.4 Å². The Morgan fingerprint density at radius 3 is 2.56 bits per heavy atom. The minimum absolute atomic E-state index is 0. The molecule has 2 bridgehead atoms. The topological polar surface area (TPSA) is 59.4 Å². The van der Waals surface area contributed by atoms with Crippen LogP contribution in [0.2, 0.25) is 0 Å². The molecule has 2 aromatic rings. The largest absolute Gasteiger partial charge is 0.490 e. The van der Waals surface area contributed by atoms with E-state index in [2.05, 4.69) is 10.4 Å². The van der Waals surface area contributed by atoms with Crippen molar-refractivity contribution in [3.05, 3.63) is 42.2 Å². The van der Waals surface area contributed by atoms with Crippen molar-refractivity contribution in [3.8, 4) is 11.4 Å². The summed E-state index contributed by atoms with van der Waals surface area (Å²) in [5.41, 5.74) is 1.30. The summed E-state index contributed by atoms with van der Waals surface area (Å²) in [6.45, 7) is 2.42. The molecule has 1 N–H and O–H groups in total. The zero-order chi connectivity index (χ0) is 18.1. The average molecular weight is 391 g/mol. The van der Waals surface area contributed by atoms with E-state index in [-0.39, 0.29) is 24.4 Å². The number of ether oxygens (including phenoxy) is 1. The number of hydrogen-bond acceptors (Lipinski definition) is 4. The molecule has 2 atom stereocenters. The highest BCUT2D eigenvalue weighted by molar-refractivity contribution is 5.95. The fraction of sp³-hybridized carbons (Fsp3) is 0.500. The third-order valence-electron chi connectivity index (χ3n) is 5.52. The third-order valence-corrected chi connectivity index (χ3v) is 5.52. The van der Waals surface area contributed by atoms with Gasteiger partial charge in [-0.2, -0.15) is 5.10 Å². The molecule has 6 nitrogen and oxygen atoms in total. The van der Waals surface area contributed by atoms with Gasteiger partial charge in [0.2, 0.25) is 0 Å². The molecule has 0 saturated carbocycles. The molecule has 1 amide bonds. The van der Waals surface area contributed by atoms with E-state index in [0.29, 0.717) is 30.1 Å². The van der Waals surface area contributed by atoms with E-state index in [1.807, 2.05) is 49.2 Å². The zero-order valence-electron chi connectivity index (χ0n) is 15.8. The maximum Gasteiger partial charge on any atom is 0.278 e. The van der Waals surface area contributed by atoms with Gasteiger partial charge in [-0.1, -0.05) is 18.2 Å². The predicted molar refractivity (Wildman–Crippen MR) is 107 cm³/mol. The minimum Gasteiger partial charge on any atom is -0.490 e. The van der Waals surface area contributed by atoms with Crippen LogP contribution in [0.5, 0.6) is 5.75 Å². The molecule has 1 aromatic heterocycles. The lowest BCUT2D eigenvalue weighted by Gasteiger charge is -2.35. The lowest BCUT2D eigenvalue weighted by molar-refractivity contribution is 0.0671. The molecular formula is C20H27ClN4O2. The van der Waals surface area contributed by atoms with Crippen LogP contribution in [0.15, 0.2) is 36.5 Å². The van der Waals surface area contributed by atoms with E-state index in [0.717, 1.165) is 18.5 Å². The van der Waals surface area contributed by atoms with Gasteiger partial charge in [0.05, 0.1) is 18.5 Å². The minimum atomic E-state index is -0.0607. The molecule has 7 heteroatoms. The molecule has 2 fully saturated rings. The quantitative estimate of drug-likeness (QED) is 0.852. The first-order chi connectivity index (χ1) is 12.7. The Kier molecular flexibility index (Phi) is 6.07. The average Bonchev–Trinajstić information content (AvgIpc) is 3.24. The Hall–Kier alpha value is -2.05. The molecule has 27 heavy (non-hydrogen) atoms. The first-order valence-corrected chi connectivity index (χ1v) is 9.46. The van der Waals surface area contributed by atoms with Crippen molar-refractivity contribution in [2.24, 2.45) is 0 Å². The van der Waals surface area contributed by atoms with Crippen molar-refractivity contribution < 1.29 is 9.53 Å². The van der Waals surface area contributed by atoms with E-state index >= 15 is 0 Å². The molecule has 0 radical (unpaired) electrons. The highest BCUT2D eigenvalue weighted by Gasteiger charge is 2.37. The lowest BCUT2D eigenvalue weighted by atomic mass is 9.98. The number of amides is 1. The summed E-state index contributed by atoms with van der Waals surface area (Å²) in [6.07, 6.45) is 6.27. The molecule has 3 heterocycles. The highest BCUT2D eigenvalue weighted by Crippen LogP contribution is 2.31. The summed E-state index contributed by atoms with van der Waals surface area (Å²) in [4.78, 5) is 15.0. The van der Waals surface area contributed by atoms with Gasteiger partial charge in [-0.3, -0.25) is 4.79 Å². The summed E-state index contributed by atoms with van der Waals surface area (Å²) in [7, 11) is 1.90. The highest BCUT2D eigenvalue weighted by atomic mass is 35.5. The van der Waals surface area contributed by atoms with E-state index < -0.39 is 0 Å². The van der Waals surface area contributed by atoms with Crippen molar-refractivity contribution in [2.75, 3.05) is 13.7 Å². The van der Waals surface area contributed by atoms with Crippen molar-refractivity contribution >= 4 is 18.3 Å². The lowest BCUT2D eigenvalue weighted by Crippen LogP contribution is -2.48. The maximum absolute atomic E-state index is 13.2. The first kappa shape index (κ1) is 19.7. The monoisotopic (exact) mass is 390 g/mol. The van der Waals surface area contributed by atoms with Gasteiger partial charge >= 0.3 is 0 Å². The fourth-order valence-electron chi connectivity index (χ4n) is 4.16. The van der Waals surface area contributed by atoms with Crippen LogP contribution in [0.3, 0.4) is 0 Å². The van der Waals surface area contributed by atoms with Gasteiger partial charge < -0.3 is 15.0 Å². The molecule has 2 unspecified atom stereocenters. The Morgan fingerprint density at radius 1 is 1.26 bits per heavy atom. The molecule has 0 aliphatic carbocycles. The van der Waals surface area contributed by atoms with Crippen molar-refractivity contribution in [1.82, 2.24) is 20.0 Å². The number of piperidine rings is 1. The number of hydrogen-bond donors (Lipinski definition) is 1. The van der Waals surface area contributed by atoms with Crippen molar-refractivity contribution in [1.29, 1.82) is 0 Å². The number of carbonyl (C=O) groups is 1. The van der Waals surface area contributed by atoms with E-state index in [1.54, 1.807) is 10.9 Å². The number of nitrogens with zero attached hydrogens (tertiary/aromatic N) is 3. The van der Waals surface area contributed by atoms with Crippen LogP contribution in [-0.2, 0) is 0 Å². The van der Waals surface area contributed by atoms with Crippen LogP contribution in [0.1, 0.15) is 43.1 Å². The smallest absolute Gasteiger partial charge is 0.278 e. The normalized spacial score (nSPS) is 23.6. The Labute approximate surface area is 166 Å². The maximum atomic E-state index is 13.2. The van der Waals surface area contributed by atoms with E-state index in [1.165, 1.54) is 12.8 Å². The molecule has 146 valence electrons.